The molecule has 2 unspecified atom stereocenters. The lowest BCUT2D eigenvalue weighted by Crippen LogP contribution is -2.23. The second-order valence-electron chi connectivity index (χ2n) is 7.67. The van der Waals surface area contributed by atoms with Gasteiger partial charge in [0.05, 0.1) is 6.61 Å². The summed E-state index contributed by atoms with van der Waals surface area (Å²) in [7, 11) is 0. The third-order valence-corrected chi connectivity index (χ3v) is 6.23. The van der Waals surface area contributed by atoms with Crippen molar-refractivity contribution >= 4 is 0 Å². The first-order valence-corrected chi connectivity index (χ1v) is 9.58. The van der Waals surface area contributed by atoms with Crippen LogP contribution in [0.4, 0.5) is 0 Å². The van der Waals surface area contributed by atoms with E-state index in [1.807, 2.05) is 6.92 Å². The van der Waals surface area contributed by atoms with Gasteiger partial charge >= 0.3 is 0 Å². The Morgan fingerprint density at radius 2 is 1.65 bits per heavy atom. The summed E-state index contributed by atoms with van der Waals surface area (Å²) in [6.07, 6.45) is 10.9. The van der Waals surface area contributed by atoms with Gasteiger partial charge < -0.3 is 4.74 Å². The van der Waals surface area contributed by atoms with Crippen LogP contribution in [0.25, 0.3) is 0 Å². The van der Waals surface area contributed by atoms with E-state index in [0.29, 0.717) is 0 Å². The van der Waals surface area contributed by atoms with Gasteiger partial charge in [0.25, 0.3) is 0 Å². The van der Waals surface area contributed by atoms with E-state index >= 15 is 0 Å². The van der Waals surface area contributed by atoms with Gasteiger partial charge in [-0.05, 0) is 93.7 Å². The molecule has 2 aliphatic rings. The first-order valence-electron chi connectivity index (χ1n) is 9.58. The molecule has 1 saturated carbocycles. The van der Waals surface area contributed by atoms with Crippen molar-refractivity contribution in [1.82, 2.24) is 0 Å². The van der Waals surface area contributed by atoms with Crippen LogP contribution in [0.15, 0.2) is 35.9 Å². The summed E-state index contributed by atoms with van der Waals surface area (Å²) in [5.41, 5.74) is 3.14. The second-order valence-corrected chi connectivity index (χ2v) is 7.67. The lowest BCUT2D eigenvalue weighted by molar-refractivity contribution is 0.239. The molecule has 0 bridgehead atoms. The molecule has 0 heterocycles. The highest BCUT2D eigenvalue weighted by Crippen LogP contribution is 2.43. The summed E-state index contributed by atoms with van der Waals surface area (Å²) in [4.78, 5) is 0. The standard InChI is InChI=1S/C22H32O/c1-4-23-22-13-11-19(12-14-22)18-7-9-20(10-8-18)21-6-5-16(2)17(3)15-21/h11-16,18,20-21H,4-10H2,1-3H3. The van der Waals surface area contributed by atoms with Gasteiger partial charge in [0, 0.05) is 0 Å². The Balaban J connectivity index is 1.56. The molecule has 0 saturated heterocycles. The molecule has 1 aromatic rings. The summed E-state index contributed by atoms with van der Waals surface area (Å²) in [5.74, 6) is 4.35. The van der Waals surface area contributed by atoms with E-state index in [-0.39, 0.29) is 0 Å². The summed E-state index contributed by atoms with van der Waals surface area (Å²) in [5, 5.41) is 0. The fraction of sp³-hybridized carbons (Fsp3) is 0.636. The number of ether oxygens (including phenoxy) is 1. The van der Waals surface area contributed by atoms with Crippen LogP contribution in [0.3, 0.4) is 0 Å². The van der Waals surface area contributed by atoms with E-state index < -0.39 is 0 Å². The van der Waals surface area contributed by atoms with Crippen LogP contribution in [-0.2, 0) is 0 Å². The van der Waals surface area contributed by atoms with Crippen molar-refractivity contribution in [1.29, 1.82) is 0 Å². The minimum absolute atomic E-state index is 0.747. The number of benzene rings is 1. The van der Waals surface area contributed by atoms with E-state index in [1.54, 1.807) is 5.57 Å². The molecule has 0 aromatic heterocycles. The van der Waals surface area contributed by atoms with E-state index in [1.165, 1.54) is 44.1 Å². The second kappa shape index (κ2) is 7.55. The lowest BCUT2D eigenvalue weighted by Gasteiger charge is -2.36. The van der Waals surface area contributed by atoms with Crippen molar-refractivity contribution in [2.24, 2.45) is 17.8 Å². The van der Waals surface area contributed by atoms with Crippen molar-refractivity contribution in [3.8, 4) is 5.75 Å². The van der Waals surface area contributed by atoms with Crippen LogP contribution in [0, 0.1) is 17.8 Å². The Kier molecular flexibility index (Phi) is 5.46. The van der Waals surface area contributed by atoms with Gasteiger partial charge in [0.1, 0.15) is 5.75 Å². The molecule has 1 nitrogen and oxygen atoms in total. The van der Waals surface area contributed by atoms with Crippen molar-refractivity contribution in [2.75, 3.05) is 6.61 Å². The molecule has 0 spiro atoms. The van der Waals surface area contributed by atoms with Crippen LogP contribution in [-0.4, -0.2) is 6.61 Å². The molecule has 1 heteroatoms. The van der Waals surface area contributed by atoms with Gasteiger partial charge in [-0.1, -0.05) is 30.7 Å². The van der Waals surface area contributed by atoms with Crippen molar-refractivity contribution in [3.05, 3.63) is 41.5 Å². The van der Waals surface area contributed by atoms with Crippen LogP contribution in [0.1, 0.15) is 70.8 Å². The van der Waals surface area contributed by atoms with Gasteiger partial charge in [-0.3, -0.25) is 0 Å². The molecule has 2 atom stereocenters. The molecular formula is C22H32O. The Morgan fingerprint density at radius 1 is 0.957 bits per heavy atom. The van der Waals surface area contributed by atoms with Gasteiger partial charge in [-0.15, -0.1) is 0 Å². The number of hydrogen-bond acceptors (Lipinski definition) is 1. The average molecular weight is 312 g/mol. The van der Waals surface area contributed by atoms with Gasteiger partial charge in [-0.2, -0.15) is 0 Å². The normalized spacial score (nSPS) is 31.5. The fourth-order valence-electron chi connectivity index (χ4n) is 4.51. The zero-order valence-electron chi connectivity index (χ0n) is 15.1. The minimum atomic E-state index is 0.747. The maximum atomic E-state index is 5.56. The van der Waals surface area contributed by atoms with E-state index in [9.17, 15) is 0 Å². The molecule has 126 valence electrons. The summed E-state index contributed by atoms with van der Waals surface area (Å²) in [6.45, 7) is 7.50. The number of rotatable bonds is 4. The molecule has 2 aliphatic carbocycles. The van der Waals surface area contributed by atoms with E-state index in [2.05, 4.69) is 44.2 Å². The first kappa shape index (κ1) is 16.6. The number of hydrogen-bond donors (Lipinski definition) is 0. The monoisotopic (exact) mass is 312 g/mol. The zero-order valence-corrected chi connectivity index (χ0v) is 15.1. The first-order chi connectivity index (χ1) is 11.2. The maximum Gasteiger partial charge on any atom is 0.119 e. The molecular weight excluding hydrogens is 280 g/mol. The Bertz CT molecular complexity index is 519. The SMILES string of the molecule is CCOc1ccc(C2CCC(C3C=C(C)C(C)CC3)CC2)cc1. The molecule has 0 N–H and O–H groups in total. The predicted octanol–water partition coefficient (Wildman–Crippen LogP) is 6.35. The highest BCUT2D eigenvalue weighted by Gasteiger charge is 2.29. The molecule has 3 rings (SSSR count). The zero-order chi connectivity index (χ0) is 16.2. The maximum absolute atomic E-state index is 5.56. The lowest BCUT2D eigenvalue weighted by atomic mass is 9.70. The van der Waals surface area contributed by atoms with E-state index in [0.717, 1.165) is 36.0 Å². The molecule has 0 radical (unpaired) electrons. The van der Waals surface area contributed by atoms with Crippen LogP contribution in [0.5, 0.6) is 5.75 Å². The Morgan fingerprint density at radius 3 is 2.26 bits per heavy atom. The highest BCUT2D eigenvalue weighted by atomic mass is 16.5. The topological polar surface area (TPSA) is 9.23 Å². The summed E-state index contributed by atoms with van der Waals surface area (Å²) in [6, 6.07) is 8.84. The van der Waals surface area contributed by atoms with E-state index in [4.69, 9.17) is 4.74 Å². The third-order valence-electron chi connectivity index (χ3n) is 6.23. The molecule has 0 aliphatic heterocycles. The Hall–Kier alpha value is -1.24. The highest BCUT2D eigenvalue weighted by molar-refractivity contribution is 5.29. The van der Waals surface area contributed by atoms with Gasteiger partial charge in [0.2, 0.25) is 0 Å². The minimum Gasteiger partial charge on any atom is -0.494 e. The molecule has 1 fully saturated rings. The smallest absolute Gasteiger partial charge is 0.119 e. The summed E-state index contributed by atoms with van der Waals surface area (Å²) < 4.78 is 5.56. The Labute approximate surface area is 142 Å². The fourth-order valence-corrected chi connectivity index (χ4v) is 4.51. The average Bonchev–Trinajstić information content (AvgIpc) is 2.59. The molecule has 23 heavy (non-hydrogen) atoms. The van der Waals surface area contributed by atoms with Crippen molar-refractivity contribution in [2.45, 2.75) is 65.2 Å². The molecule has 1 aromatic carbocycles. The quantitative estimate of drug-likeness (QED) is 0.588. The summed E-state index contributed by atoms with van der Waals surface area (Å²) >= 11 is 0. The van der Waals surface area contributed by atoms with Gasteiger partial charge in [0.15, 0.2) is 0 Å². The predicted molar refractivity (Wildman–Crippen MR) is 98.0 cm³/mol. The third kappa shape index (κ3) is 4.00. The van der Waals surface area contributed by atoms with Crippen LogP contribution in [0.2, 0.25) is 0 Å². The van der Waals surface area contributed by atoms with Crippen LogP contribution >= 0.6 is 0 Å². The van der Waals surface area contributed by atoms with Crippen LogP contribution < -0.4 is 4.74 Å². The van der Waals surface area contributed by atoms with Gasteiger partial charge in [-0.25, -0.2) is 0 Å². The molecule has 0 amide bonds. The largest absolute Gasteiger partial charge is 0.494 e. The van der Waals surface area contributed by atoms with Crippen molar-refractivity contribution < 1.29 is 4.74 Å². The number of allylic oxidation sites excluding steroid dienone is 2. The van der Waals surface area contributed by atoms with Crippen molar-refractivity contribution in [3.63, 3.8) is 0 Å².